The molecule has 0 bridgehead atoms. The minimum atomic E-state index is -1.06. The van der Waals surface area contributed by atoms with Gasteiger partial charge in [0.1, 0.15) is 11.3 Å². The van der Waals surface area contributed by atoms with Crippen molar-refractivity contribution in [2.24, 2.45) is 0 Å². The highest BCUT2D eigenvalue weighted by atomic mass is 16.5. The molecule has 1 N–H and O–H groups in total. The van der Waals surface area contributed by atoms with Crippen LogP contribution in [0.25, 0.3) is 0 Å². The first kappa shape index (κ1) is 12.4. The van der Waals surface area contributed by atoms with Gasteiger partial charge in [0.25, 0.3) is 5.91 Å². The van der Waals surface area contributed by atoms with E-state index < -0.39 is 5.97 Å². The molecule has 0 saturated carbocycles. The first-order chi connectivity index (χ1) is 8.68. The van der Waals surface area contributed by atoms with E-state index in [1.807, 2.05) is 0 Å². The van der Waals surface area contributed by atoms with Gasteiger partial charge in [-0.2, -0.15) is 0 Å². The van der Waals surface area contributed by atoms with Gasteiger partial charge in [0, 0.05) is 13.1 Å². The van der Waals surface area contributed by atoms with E-state index in [0.717, 1.165) is 25.9 Å². The van der Waals surface area contributed by atoms with Crippen molar-refractivity contribution in [3.05, 3.63) is 29.8 Å². The third-order valence-corrected chi connectivity index (χ3v) is 2.93. The number of ether oxygens (including phenoxy) is 1. The van der Waals surface area contributed by atoms with Gasteiger partial charge in [0.05, 0.1) is 0 Å². The Bertz CT molecular complexity index is 452. The Balaban J connectivity index is 1.97. The fraction of sp³-hybridized carbons (Fsp3) is 0.385. The van der Waals surface area contributed by atoms with Crippen molar-refractivity contribution in [1.82, 2.24) is 4.90 Å². The number of hydrogen-bond donors (Lipinski definition) is 1. The lowest BCUT2D eigenvalue weighted by atomic mass is 10.2. The molecule has 2 rings (SSSR count). The van der Waals surface area contributed by atoms with Crippen LogP contribution >= 0.6 is 0 Å². The lowest BCUT2D eigenvalue weighted by Crippen LogP contribution is -2.32. The topological polar surface area (TPSA) is 66.8 Å². The molecule has 96 valence electrons. The van der Waals surface area contributed by atoms with E-state index in [1.54, 1.807) is 23.1 Å². The SMILES string of the molecule is O=C(O)c1ccccc1OCC(=O)N1CCCC1. The molecule has 0 radical (unpaired) electrons. The summed E-state index contributed by atoms with van der Waals surface area (Å²) in [5, 5.41) is 8.97. The lowest BCUT2D eigenvalue weighted by Gasteiger charge is -2.16. The van der Waals surface area contributed by atoms with Crippen LogP contribution in [0.3, 0.4) is 0 Å². The van der Waals surface area contributed by atoms with Gasteiger partial charge in [0.15, 0.2) is 6.61 Å². The maximum absolute atomic E-state index is 11.8. The van der Waals surface area contributed by atoms with Crippen molar-refractivity contribution in [3.8, 4) is 5.75 Å². The van der Waals surface area contributed by atoms with E-state index in [1.165, 1.54) is 6.07 Å². The van der Waals surface area contributed by atoms with Crippen LogP contribution in [0.4, 0.5) is 0 Å². The molecule has 0 aromatic heterocycles. The van der Waals surface area contributed by atoms with Crippen LogP contribution < -0.4 is 4.74 Å². The molecule has 5 nitrogen and oxygen atoms in total. The molecule has 0 spiro atoms. The highest BCUT2D eigenvalue weighted by molar-refractivity contribution is 5.91. The third kappa shape index (κ3) is 2.80. The molecule has 1 aromatic rings. The molecule has 1 aromatic carbocycles. The second-order valence-corrected chi connectivity index (χ2v) is 4.18. The molecule has 1 aliphatic rings. The summed E-state index contributed by atoms with van der Waals surface area (Å²) in [6, 6.07) is 6.32. The number of aromatic carboxylic acids is 1. The van der Waals surface area contributed by atoms with Crippen molar-refractivity contribution in [2.45, 2.75) is 12.8 Å². The average Bonchev–Trinajstić information content (AvgIpc) is 2.90. The molecule has 0 unspecified atom stereocenters. The summed E-state index contributed by atoms with van der Waals surface area (Å²) < 4.78 is 5.30. The summed E-state index contributed by atoms with van der Waals surface area (Å²) in [5.41, 5.74) is 0.0757. The number of rotatable bonds is 4. The molecule has 1 aliphatic heterocycles. The van der Waals surface area contributed by atoms with Gasteiger partial charge >= 0.3 is 5.97 Å². The quantitative estimate of drug-likeness (QED) is 0.875. The molecule has 18 heavy (non-hydrogen) atoms. The van der Waals surface area contributed by atoms with Gasteiger partial charge in [-0.15, -0.1) is 0 Å². The van der Waals surface area contributed by atoms with Gasteiger partial charge in [-0.1, -0.05) is 12.1 Å². The van der Waals surface area contributed by atoms with E-state index in [9.17, 15) is 9.59 Å². The number of nitrogens with zero attached hydrogens (tertiary/aromatic N) is 1. The molecular formula is C13H15NO4. The number of hydrogen-bond acceptors (Lipinski definition) is 3. The summed E-state index contributed by atoms with van der Waals surface area (Å²) in [7, 11) is 0. The van der Waals surface area contributed by atoms with Crippen LogP contribution in [0.5, 0.6) is 5.75 Å². The summed E-state index contributed by atoms with van der Waals surface area (Å²) >= 11 is 0. The smallest absolute Gasteiger partial charge is 0.339 e. The number of likely N-dealkylation sites (tertiary alicyclic amines) is 1. The van der Waals surface area contributed by atoms with Crippen LogP contribution in [0, 0.1) is 0 Å². The highest BCUT2D eigenvalue weighted by Gasteiger charge is 2.19. The van der Waals surface area contributed by atoms with Crippen LogP contribution in [0.1, 0.15) is 23.2 Å². The van der Waals surface area contributed by atoms with E-state index in [0.29, 0.717) is 0 Å². The number of benzene rings is 1. The predicted molar refractivity (Wildman–Crippen MR) is 64.7 cm³/mol. The van der Waals surface area contributed by atoms with Crippen LogP contribution in [0.15, 0.2) is 24.3 Å². The van der Waals surface area contributed by atoms with Crippen LogP contribution in [0.2, 0.25) is 0 Å². The van der Waals surface area contributed by atoms with Crippen LogP contribution in [-0.2, 0) is 4.79 Å². The molecule has 1 heterocycles. The Kier molecular flexibility index (Phi) is 3.82. The lowest BCUT2D eigenvalue weighted by molar-refractivity contribution is -0.132. The van der Waals surface area contributed by atoms with Gasteiger partial charge in [-0.25, -0.2) is 4.79 Å². The monoisotopic (exact) mass is 249 g/mol. The van der Waals surface area contributed by atoms with Crippen LogP contribution in [-0.4, -0.2) is 41.6 Å². The van der Waals surface area contributed by atoms with Crippen molar-refractivity contribution < 1.29 is 19.4 Å². The maximum atomic E-state index is 11.8. The van der Waals surface area contributed by atoms with Gasteiger partial charge in [-0.3, -0.25) is 4.79 Å². The first-order valence-electron chi connectivity index (χ1n) is 5.91. The van der Waals surface area contributed by atoms with Gasteiger partial charge in [0.2, 0.25) is 0 Å². The fourth-order valence-corrected chi connectivity index (χ4v) is 1.97. The fourth-order valence-electron chi connectivity index (χ4n) is 1.97. The molecule has 5 heteroatoms. The Morgan fingerprint density at radius 2 is 1.89 bits per heavy atom. The molecule has 1 fully saturated rings. The Morgan fingerprint density at radius 3 is 2.56 bits per heavy atom. The first-order valence-corrected chi connectivity index (χ1v) is 5.91. The number of carbonyl (C=O) groups is 2. The van der Waals surface area contributed by atoms with E-state index in [-0.39, 0.29) is 23.8 Å². The zero-order valence-corrected chi connectivity index (χ0v) is 9.96. The van der Waals surface area contributed by atoms with E-state index >= 15 is 0 Å². The van der Waals surface area contributed by atoms with E-state index in [4.69, 9.17) is 9.84 Å². The number of para-hydroxylation sites is 1. The summed E-state index contributed by atoms with van der Waals surface area (Å²) in [4.78, 5) is 24.4. The normalized spacial score (nSPS) is 14.6. The molecule has 0 atom stereocenters. The summed E-state index contributed by atoms with van der Waals surface area (Å²) in [5.74, 6) is -0.913. The second-order valence-electron chi connectivity index (χ2n) is 4.18. The summed E-state index contributed by atoms with van der Waals surface area (Å²) in [6.07, 6.45) is 2.05. The third-order valence-electron chi connectivity index (χ3n) is 2.93. The Morgan fingerprint density at radius 1 is 1.22 bits per heavy atom. The summed E-state index contributed by atoms with van der Waals surface area (Å²) in [6.45, 7) is 1.43. The second kappa shape index (κ2) is 5.53. The van der Waals surface area contributed by atoms with Crippen molar-refractivity contribution in [2.75, 3.05) is 19.7 Å². The number of carboxylic acid groups (broad SMARTS) is 1. The average molecular weight is 249 g/mol. The molecule has 0 aliphatic carbocycles. The van der Waals surface area contributed by atoms with Gasteiger partial charge in [-0.05, 0) is 25.0 Å². The minimum absolute atomic E-state index is 0.0757. The Hall–Kier alpha value is -2.04. The highest BCUT2D eigenvalue weighted by Crippen LogP contribution is 2.18. The molecular weight excluding hydrogens is 234 g/mol. The van der Waals surface area contributed by atoms with Crippen molar-refractivity contribution in [1.29, 1.82) is 0 Å². The zero-order chi connectivity index (χ0) is 13.0. The number of carbonyl (C=O) groups excluding carboxylic acids is 1. The van der Waals surface area contributed by atoms with Crippen molar-refractivity contribution in [3.63, 3.8) is 0 Å². The maximum Gasteiger partial charge on any atom is 0.339 e. The predicted octanol–water partition coefficient (Wildman–Crippen LogP) is 1.39. The minimum Gasteiger partial charge on any atom is -0.483 e. The van der Waals surface area contributed by atoms with Crippen molar-refractivity contribution >= 4 is 11.9 Å². The number of carboxylic acids is 1. The molecule has 1 saturated heterocycles. The Labute approximate surface area is 105 Å². The zero-order valence-electron chi connectivity index (χ0n) is 9.96. The van der Waals surface area contributed by atoms with Gasteiger partial charge < -0.3 is 14.7 Å². The van der Waals surface area contributed by atoms with E-state index in [2.05, 4.69) is 0 Å². The number of amides is 1. The standard InChI is InChI=1S/C13H15NO4/c15-12(14-7-3-4-8-14)9-18-11-6-2-1-5-10(11)13(16)17/h1-2,5-6H,3-4,7-9H2,(H,16,17). The largest absolute Gasteiger partial charge is 0.483 e. The molecule has 1 amide bonds.